The molecule has 0 fully saturated rings. The molecule has 1 aromatic heterocycles. The summed E-state index contributed by atoms with van der Waals surface area (Å²) in [7, 11) is 0. The normalized spacial score (nSPS) is 10.9. The third-order valence-corrected chi connectivity index (χ3v) is 3.62. The van der Waals surface area contributed by atoms with Crippen LogP contribution < -0.4 is 0 Å². The zero-order valence-electron chi connectivity index (χ0n) is 12.2. The fraction of sp³-hybridized carbons (Fsp3) is 0.500. The number of hydrogen-bond donors (Lipinski definition) is 0. The lowest BCUT2D eigenvalue weighted by atomic mass is 9.97. The van der Waals surface area contributed by atoms with E-state index in [-0.39, 0.29) is 0 Å². The van der Waals surface area contributed by atoms with Crippen molar-refractivity contribution in [1.29, 1.82) is 0 Å². The summed E-state index contributed by atoms with van der Waals surface area (Å²) in [4.78, 5) is 0. The van der Waals surface area contributed by atoms with Gasteiger partial charge in [-0.2, -0.15) is 0 Å². The number of benzene rings is 1. The van der Waals surface area contributed by atoms with Gasteiger partial charge in [0.2, 0.25) is 0 Å². The van der Waals surface area contributed by atoms with Crippen LogP contribution in [0, 0.1) is 0 Å². The van der Waals surface area contributed by atoms with E-state index in [1.165, 1.54) is 16.7 Å². The molecule has 102 valence electrons. The summed E-state index contributed by atoms with van der Waals surface area (Å²) in [6, 6.07) is 6.87. The first kappa shape index (κ1) is 13.8. The number of hydrogen-bond acceptors (Lipinski definition) is 2. The maximum Gasteiger partial charge on any atom is 0.0830 e. The van der Waals surface area contributed by atoms with Gasteiger partial charge in [0.05, 0.1) is 5.69 Å². The third kappa shape index (κ3) is 3.43. The molecule has 0 aliphatic carbocycles. The van der Waals surface area contributed by atoms with E-state index in [2.05, 4.69) is 55.5 Å². The predicted molar refractivity (Wildman–Crippen MR) is 78.3 cm³/mol. The fourth-order valence-corrected chi connectivity index (χ4v) is 2.35. The summed E-state index contributed by atoms with van der Waals surface area (Å²) in [6.07, 6.45) is 6.28. The van der Waals surface area contributed by atoms with Gasteiger partial charge in [-0.15, -0.1) is 5.10 Å². The highest BCUT2D eigenvalue weighted by molar-refractivity contribution is 5.32. The van der Waals surface area contributed by atoms with E-state index in [9.17, 15) is 0 Å². The Kier molecular flexibility index (Phi) is 4.72. The molecule has 2 aromatic rings. The molecule has 0 amide bonds. The minimum Gasteiger partial charge on any atom is -0.253 e. The van der Waals surface area contributed by atoms with Crippen LogP contribution in [0.3, 0.4) is 0 Å². The zero-order valence-corrected chi connectivity index (χ0v) is 12.2. The molecule has 0 saturated heterocycles. The predicted octanol–water partition coefficient (Wildman–Crippen LogP) is 3.21. The van der Waals surface area contributed by atoms with Crippen LogP contribution in [-0.2, 0) is 32.2 Å². The van der Waals surface area contributed by atoms with Crippen molar-refractivity contribution in [2.24, 2.45) is 0 Å². The van der Waals surface area contributed by atoms with Crippen LogP contribution in [0.1, 0.15) is 43.2 Å². The Labute approximate surface area is 115 Å². The van der Waals surface area contributed by atoms with Gasteiger partial charge in [-0.05, 0) is 49.3 Å². The van der Waals surface area contributed by atoms with Gasteiger partial charge >= 0.3 is 0 Å². The zero-order chi connectivity index (χ0) is 13.7. The Morgan fingerprint density at radius 3 is 2.47 bits per heavy atom. The molecule has 1 aromatic carbocycles. The average molecular weight is 257 g/mol. The second-order valence-electron chi connectivity index (χ2n) is 4.88. The molecule has 0 saturated carbocycles. The third-order valence-electron chi connectivity index (χ3n) is 3.62. The molecule has 0 atom stereocenters. The molecular formula is C16H23N3. The fourth-order valence-electron chi connectivity index (χ4n) is 2.35. The molecule has 0 N–H and O–H groups in total. The highest BCUT2D eigenvalue weighted by atomic mass is 15.4. The van der Waals surface area contributed by atoms with Gasteiger partial charge in [0.25, 0.3) is 0 Å². The van der Waals surface area contributed by atoms with Crippen LogP contribution in [0.4, 0.5) is 0 Å². The number of aromatic nitrogens is 3. The van der Waals surface area contributed by atoms with Crippen LogP contribution in [-0.4, -0.2) is 15.0 Å². The Hall–Kier alpha value is -1.64. The summed E-state index contributed by atoms with van der Waals surface area (Å²) >= 11 is 0. The SMILES string of the molecule is CCc1ccc(CC)c(CCc2cn(CC)nn2)c1. The molecule has 3 heteroatoms. The summed E-state index contributed by atoms with van der Waals surface area (Å²) in [5, 5.41) is 8.30. The molecule has 19 heavy (non-hydrogen) atoms. The van der Waals surface area contributed by atoms with Crippen LogP contribution in [0.15, 0.2) is 24.4 Å². The van der Waals surface area contributed by atoms with Gasteiger partial charge < -0.3 is 0 Å². The standard InChI is InChI=1S/C16H23N3/c1-4-13-7-8-14(5-2)15(11-13)9-10-16-12-19(6-3)18-17-16/h7-8,11-12H,4-6,9-10H2,1-3H3. The molecule has 0 radical (unpaired) electrons. The van der Waals surface area contributed by atoms with Crippen molar-refractivity contribution >= 4 is 0 Å². The van der Waals surface area contributed by atoms with Gasteiger partial charge in [-0.3, -0.25) is 4.68 Å². The lowest BCUT2D eigenvalue weighted by molar-refractivity contribution is 0.626. The van der Waals surface area contributed by atoms with Crippen molar-refractivity contribution in [3.05, 3.63) is 46.8 Å². The maximum atomic E-state index is 4.21. The quantitative estimate of drug-likeness (QED) is 0.795. The van der Waals surface area contributed by atoms with E-state index in [0.717, 1.165) is 37.9 Å². The van der Waals surface area contributed by atoms with E-state index in [0.29, 0.717) is 0 Å². The van der Waals surface area contributed by atoms with Crippen LogP contribution in [0.2, 0.25) is 0 Å². The van der Waals surface area contributed by atoms with E-state index >= 15 is 0 Å². The van der Waals surface area contributed by atoms with Crippen molar-refractivity contribution in [2.45, 2.75) is 53.0 Å². The molecule has 0 aliphatic rings. The number of rotatable bonds is 6. The Morgan fingerprint density at radius 1 is 1.00 bits per heavy atom. The monoisotopic (exact) mass is 257 g/mol. The first-order chi connectivity index (χ1) is 9.26. The van der Waals surface area contributed by atoms with E-state index in [1.54, 1.807) is 0 Å². The molecule has 1 heterocycles. The molecular weight excluding hydrogens is 234 g/mol. The average Bonchev–Trinajstić information content (AvgIpc) is 2.92. The van der Waals surface area contributed by atoms with Crippen molar-refractivity contribution in [3.8, 4) is 0 Å². The van der Waals surface area contributed by atoms with E-state index in [4.69, 9.17) is 0 Å². The Bertz CT molecular complexity index is 529. The second kappa shape index (κ2) is 6.50. The van der Waals surface area contributed by atoms with Crippen LogP contribution in [0.25, 0.3) is 0 Å². The summed E-state index contributed by atoms with van der Waals surface area (Å²) in [5.74, 6) is 0. The smallest absolute Gasteiger partial charge is 0.0830 e. The molecule has 0 bridgehead atoms. The van der Waals surface area contributed by atoms with Gasteiger partial charge in [-0.1, -0.05) is 37.3 Å². The van der Waals surface area contributed by atoms with E-state index < -0.39 is 0 Å². The van der Waals surface area contributed by atoms with Crippen LogP contribution in [0.5, 0.6) is 0 Å². The minimum absolute atomic E-state index is 0.887. The molecule has 0 aliphatic heterocycles. The first-order valence-electron chi connectivity index (χ1n) is 7.26. The van der Waals surface area contributed by atoms with Gasteiger partial charge in [0, 0.05) is 12.7 Å². The van der Waals surface area contributed by atoms with Crippen molar-refractivity contribution in [2.75, 3.05) is 0 Å². The largest absolute Gasteiger partial charge is 0.253 e. The Balaban J connectivity index is 2.09. The topological polar surface area (TPSA) is 30.7 Å². The number of nitrogens with zero attached hydrogens (tertiary/aromatic N) is 3. The molecule has 3 nitrogen and oxygen atoms in total. The lowest BCUT2D eigenvalue weighted by Crippen LogP contribution is -1.98. The Morgan fingerprint density at radius 2 is 1.84 bits per heavy atom. The van der Waals surface area contributed by atoms with Gasteiger partial charge in [-0.25, -0.2) is 0 Å². The van der Waals surface area contributed by atoms with Crippen molar-refractivity contribution < 1.29 is 0 Å². The molecule has 0 spiro atoms. The highest BCUT2D eigenvalue weighted by Crippen LogP contribution is 2.16. The highest BCUT2D eigenvalue weighted by Gasteiger charge is 2.05. The first-order valence-corrected chi connectivity index (χ1v) is 7.26. The summed E-state index contributed by atoms with van der Waals surface area (Å²) in [5.41, 5.74) is 5.43. The second-order valence-corrected chi connectivity index (χ2v) is 4.88. The van der Waals surface area contributed by atoms with E-state index in [1.807, 2.05) is 4.68 Å². The van der Waals surface area contributed by atoms with Crippen LogP contribution >= 0.6 is 0 Å². The maximum absolute atomic E-state index is 4.21. The molecule has 2 rings (SSSR count). The summed E-state index contributed by atoms with van der Waals surface area (Å²) in [6.45, 7) is 7.40. The van der Waals surface area contributed by atoms with Gasteiger partial charge in [0.1, 0.15) is 0 Å². The van der Waals surface area contributed by atoms with Crippen molar-refractivity contribution in [1.82, 2.24) is 15.0 Å². The van der Waals surface area contributed by atoms with Crippen molar-refractivity contribution in [3.63, 3.8) is 0 Å². The lowest BCUT2D eigenvalue weighted by Gasteiger charge is -2.09. The minimum atomic E-state index is 0.887. The molecule has 0 unspecified atom stereocenters. The number of aryl methyl sites for hydroxylation is 5. The van der Waals surface area contributed by atoms with Gasteiger partial charge in [0.15, 0.2) is 0 Å². The summed E-state index contributed by atoms with van der Waals surface area (Å²) < 4.78 is 1.89.